The molecule has 0 fully saturated rings. The fourth-order valence-electron chi connectivity index (χ4n) is 1.48. The third-order valence-corrected chi connectivity index (χ3v) is 2.70. The van der Waals surface area contributed by atoms with Crippen LogP contribution in [0, 0.1) is 10.8 Å². The van der Waals surface area contributed by atoms with Gasteiger partial charge in [-0.15, -0.1) is 28.1 Å². The number of hydrogen-bond donors (Lipinski definition) is 2. The zero-order valence-corrected chi connectivity index (χ0v) is 13.1. The largest absolute Gasteiger partial charge is 0.353 e. The van der Waals surface area contributed by atoms with Crippen LogP contribution in [0.5, 0.6) is 0 Å². The number of carbonyl (C=O) groups excluding carboxylic acids is 2. The number of alkyl halides is 2. The average molecular weight is 327 g/mol. The summed E-state index contributed by atoms with van der Waals surface area (Å²) in [4.78, 5) is 34.2. The number of carbonyl (C=O) groups is 2. The molecule has 0 radical (unpaired) electrons. The highest BCUT2D eigenvalue weighted by atomic mass is 35.5. The maximum Gasteiger partial charge on any atom is 0.341 e. The van der Waals surface area contributed by atoms with Crippen LogP contribution in [-0.4, -0.2) is 47.8 Å². The van der Waals surface area contributed by atoms with E-state index in [2.05, 4.69) is 15.9 Å². The molecule has 0 spiro atoms. The Hall–Kier alpha value is -1.08. The van der Waals surface area contributed by atoms with Gasteiger partial charge in [0.15, 0.2) is 0 Å². The highest BCUT2D eigenvalue weighted by Crippen LogP contribution is 2.06. The summed E-state index contributed by atoms with van der Waals surface area (Å²) in [5, 5.41) is 8.28. The number of halogens is 2. The summed E-state index contributed by atoms with van der Waals surface area (Å²) in [5.41, 5.74) is 0. The third-order valence-electron chi connectivity index (χ3n) is 2.34. The molecule has 1 atom stereocenters. The molecule has 0 aliphatic heterocycles. The maximum atomic E-state index is 11.9. The van der Waals surface area contributed by atoms with E-state index in [-0.39, 0.29) is 30.1 Å². The molecule has 1 unspecified atom stereocenters. The van der Waals surface area contributed by atoms with E-state index in [1.165, 1.54) is 0 Å². The molecular formula is C11H20Cl2N4O3. The summed E-state index contributed by atoms with van der Waals surface area (Å²) in [6.07, 6.45) is 0.438. The molecule has 9 heteroatoms. The van der Waals surface area contributed by atoms with Crippen LogP contribution in [0.25, 0.3) is 0 Å². The van der Waals surface area contributed by atoms with Crippen molar-refractivity contribution in [1.82, 2.24) is 15.6 Å². The summed E-state index contributed by atoms with van der Waals surface area (Å²) in [6, 6.07) is -1.49. The molecule has 0 saturated heterocycles. The van der Waals surface area contributed by atoms with Crippen LogP contribution >= 0.6 is 23.2 Å². The van der Waals surface area contributed by atoms with E-state index in [4.69, 9.17) is 23.2 Å². The lowest BCUT2D eigenvalue weighted by Crippen LogP contribution is -2.51. The van der Waals surface area contributed by atoms with Gasteiger partial charge in [0.25, 0.3) is 0 Å². The van der Waals surface area contributed by atoms with Gasteiger partial charge < -0.3 is 10.6 Å². The van der Waals surface area contributed by atoms with Crippen molar-refractivity contribution >= 4 is 35.1 Å². The summed E-state index contributed by atoms with van der Waals surface area (Å²) < 4.78 is 0. The molecule has 0 rings (SSSR count). The number of urea groups is 1. The molecule has 0 aromatic carbocycles. The number of nitrogens with one attached hydrogen (secondary N) is 2. The van der Waals surface area contributed by atoms with Crippen LogP contribution < -0.4 is 10.6 Å². The van der Waals surface area contributed by atoms with Gasteiger partial charge >= 0.3 is 6.03 Å². The van der Waals surface area contributed by atoms with E-state index in [1.54, 1.807) is 0 Å². The van der Waals surface area contributed by atoms with Crippen LogP contribution in [0.15, 0.2) is 5.29 Å². The van der Waals surface area contributed by atoms with E-state index < -0.39 is 12.1 Å². The molecule has 0 aromatic heterocycles. The normalized spacial score (nSPS) is 11.8. The van der Waals surface area contributed by atoms with Crippen molar-refractivity contribution in [1.29, 1.82) is 0 Å². The lowest BCUT2D eigenvalue weighted by Gasteiger charge is -2.22. The molecule has 0 aliphatic rings. The fraction of sp³-hybridized carbons (Fsp3) is 0.818. The number of nitroso groups, excluding NO2 is 1. The molecule has 0 aliphatic carbocycles. The summed E-state index contributed by atoms with van der Waals surface area (Å²) in [5.74, 6) is 0.201. The van der Waals surface area contributed by atoms with Crippen molar-refractivity contribution in [2.45, 2.75) is 26.3 Å². The van der Waals surface area contributed by atoms with E-state index in [0.717, 1.165) is 0 Å². The minimum Gasteiger partial charge on any atom is -0.353 e. The first kappa shape index (κ1) is 18.9. The zero-order valence-electron chi connectivity index (χ0n) is 11.6. The SMILES string of the molecule is CC(C)CC(NC(=O)N(CCCl)N=O)C(=O)NCCCl. The second-order valence-electron chi connectivity index (χ2n) is 4.51. The quantitative estimate of drug-likeness (QED) is 0.383. The Morgan fingerprint density at radius 2 is 1.90 bits per heavy atom. The predicted octanol–water partition coefficient (Wildman–Crippen LogP) is 1.69. The molecule has 0 saturated carbocycles. The number of amides is 3. The summed E-state index contributed by atoms with van der Waals surface area (Å²) in [6.45, 7) is 4.13. The van der Waals surface area contributed by atoms with E-state index in [0.29, 0.717) is 18.0 Å². The number of rotatable bonds is 9. The summed E-state index contributed by atoms with van der Waals surface area (Å²) in [7, 11) is 0. The molecule has 0 aromatic rings. The van der Waals surface area contributed by atoms with Crippen molar-refractivity contribution in [3.05, 3.63) is 4.91 Å². The molecule has 2 N–H and O–H groups in total. The van der Waals surface area contributed by atoms with Crippen LogP contribution in [0.3, 0.4) is 0 Å². The zero-order chi connectivity index (χ0) is 15.5. The van der Waals surface area contributed by atoms with Crippen molar-refractivity contribution in [2.75, 3.05) is 24.8 Å². The van der Waals surface area contributed by atoms with Gasteiger partial charge in [-0.2, -0.15) is 5.01 Å². The average Bonchev–Trinajstić information content (AvgIpc) is 2.40. The molecule has 0 heterocycles. The van der Waals surface area contributed by atoms with Crippen LogP contribution in [0.1, 0.15) is 20.3 Å². The minimum atomic E-state index is -0.745. The van der Waals surface area contributed by atoms with E-state index >= 15 is 0 Å². The molecule has 116 valence electrons. The Bertz CT molecular complexity index is 329. The van der Waals surface area contributed by atoms with Gasteiger partial charge in [-0.05, 0) is 12.3 Å². The first-order chi connectivity index (χ1) is 9.46. The Morgan fingerprint density at radius 1 is 1.25 bits per heavy atom. The van der Waals surface area contributed by atoms with Crippen molar-refractivity contribution in [3.63, 3.8) is 0 Å². The van der Waals surface area contributed by atoms with Crippen molar-refractivity contribution in [2.24, 2.45) is 11.2 Å². The highest BCUT2D eigenvalue weighted by Gasteiger charge is 2.24. The molecule has 0 bridgehead atoms. The minimum absolute atomic E-state index is 0.0193. The topological polar surface area (TPSA) is 90.9 Å². The monoisotopic (exact) mass is 326 g/mol. The predicted molar refractivity (Wildman–Crippen MR) is 78.7 cm³/mol. The Kier molecular flexibility index (Phi) is 10.1. The smallest absolute Gasteiger partial charge is 0.341 e. The summed E-state index contributed by atoms with van der Waals surface area (Å²) >= 11 is 11.0. The van der Waals surface area contributed by atoms with Crippen LogP contribution in [0.4, 0.5) is 4.79 Å². The lowest BCUT2D eigenvalue weighted by molar-refractivity contribution is -0.123. The molecule has 7 nitrogen and oxygen atoms in total. The molecule has 3 amide bonds. The Balaban J connectivity index is 4.65. The van der Waals surface area contributed by atoms with Crippen LogP contribution in [0.2, 0.25) is 0 Å². The van der Waals surface area contributed by atoms with Crippen molar-refractivity contribution < 1.29 is 9.59 Å². The Labute approximate surface area is 128 Å². The second kappa shape index (κ2) is 10.7. The van der Waals surface area contributed by atoms with Crippen molar-refractivity contribution in [3.8, 4) is 0 Å². The fourth-order valence-corrected chi connectivity index (χ4v) is 1.73. The van der Waals surface area contributed by atoms with Gasteiger partial charge in [-0.1, -0.05) is 13.8 Å². The van der Waals surface area contributed by atoms with Crippen LogP contribution in [-0.2, 0) is 4.79 Å². The van der Waals surface area contributed by atoms with E-state index in [9.17, 15) is 14.5 Å². The van der Waals surface area contributed by atoms with Gasteiger partial charge in [0, 0.05) is 18.3 Å². The van der Waals surface area contributed by atoms with Gasteiger partial charge in [0.2, 0.25) is 5.91 Å². The highest BCUT2D eigenvalue weighted by molar-refractivity contribution is 6.18. The molecular weight excluding hydrogens is 307 g/mol. The van der Waals surface area contributed by atoms with Gasteiger partial charge in [-0.25, -0.2) is 4.79 Å². The number of nitrogens with zero attached hydrogens (tertiary/aromatic N) is 2. The number of hydrogen-bond acceptors (Lipinski definition) is 4. The first-order valence-corrected chi connectivity index (χ1v) is 7.34. The second-order valence-corrected chi connectivity index (χ2v) is 5.26. The standard InChI is InChI=1S/C11H20Cl2N4O3/c1-8(2)7-9(10(18)14-5-3-12)15-11(19)17(16-20)6-4-13/h8-9H,3-7H2,1-2H3,(H,14,18)(H,15,19). The van der Waals surface area contributed by atoms with E-state index in [1.807, 2.05) is 13.8 Å². The first-order valence-electron chi connectivity index (χ1n) is 6.27. The third kappa shape index (κ3) is 7.49. The van der Waals surface area contributed by atoms with Gasteiger partial charge in [-0.3, -0.25) is 4.79 Å². The Morgan fingerprint density at radius 3 is 2.35 bits per heavy atom. The van der Waals surface area contributed by atoms with Gasteiger partial charge in [0.1, 0.15) is 6.04 Å². The maximum absolute atomic E-state index is 11.9. The molecule has 20 heavy (non-hydrogen) atoms. The lowest BCUT2D eigenvalue weighted by atomic mass is 10.0. The van der Waals surface area contributed by atoms with Gasteiger partial charge in [0.05, 0.1) is 11.8 Å².